The zero-order valence-electron chi connectivity index (χ0n) is 16.5. The number of hydrogen-bond acceptors (Lipinski definition) is 5. The molecule has 0 radical (unpaired) electrons. The van der Waals surface area contributed by atoms with Crippen LogP contribution < -0.4 is 15.0 Å². The molecule has 1 aromatic carbocycles. The van der Waals surface area contributed by atoms with Crippen molar-refractivity contribution in [2.24, 2.45) is 0 Å². The second-order valence-corrected chi connectivity index (χ2v) is 7.00. The lowest BCUT2D eigenvalue weighted by atomic mass is 10.1. The van der Waals surface area contributed by atoms with Gasteiger partial charge in [0.2, 0.25) is 5.91 Å². The highest BCUT2D eigenvalue weighted by Gasteiger charge is 2.20. The van der Waals surface area contributed by atoms with Gasteiger partial charge in [0.1, 0.15) is 6.61 Å². The number of aromatic nitrogens is 2. The number of hydrogen-bond donors (Lipinski definition) is 1. The minimum Gasteiger partial charge on any atom is -0.485 e. The Balaban J connectivity index is 1.43. The van der Waals surface area contributed by atoms with Crippen LogP contribution in [0.2, 0.25) is 0 Å². The highest BCUT2D eigenvalue weighted by molar-refractivity contribution is 6.05. The number of benzene rings is 1. The van der Waals surface area contributed by atoms with Crippen LogP contribution in [0.5, 0.6) is 5.75 Å². The number of nitrogens with one attached hydrogen (secondary N) is 1. The molecule has 0 atom stereocenters. The largest absolute Gasteiger partial charge is 0.485 e. The molecule has 7 nitrogen and oxygen atoms in total. The van der Waals surface area contributed by atoms with E-state index >= 15 is 0 Å². The summed E-state index contributed by atoms with van der Waals surface area (Å²) in [7, 11) is 0. The third-order valence-electron chi connectivity index (χ3n) is 4.91. The summed E-state index contributed by atoms with van der Waals surface area (Å²) < 4.78 is 5.82. The van der Waals surface area contributed by atoms with Gasteiger partial charge in [-0.15, -0.1) is 0 Å². The second kappa shape index (κ2) is 9.17. The molecule has 0 unspecified atom stereocenters. The van der Waals surface area contributed by atoms with E-state index in [0.29, 0.717) is 30.2 Å². The fourth-order valence-corrected chi connectivity index (χ4v) is 3.29. The van der Waals surface area contributed by atoms with Crippen molar-refractivity contribution in [1.82, 2.24) is 9.97 Å². The van der Waals surface area contributed by atoms with Crippen LogP contribution in [-0.2, 0) is 11.4 Å². The van der Waals surface area contributed by atoms with E-state index in [1.165, 1.54) is 0 Å². The summed E-state index contributed by atoms with van der Waals surface area (Å²) in [5, 5.41) is 2.80. The Morgan fingerprint density at radius 1 is 1.03 bits per heavy atom. The van der Waals surface area contributed by atoms with E-state index in [1.807, 2.05) is 12.1 Å². The van der Waals surface area contributed by atoms with Crippen molar-refractivity contribution in [2.75, 3.05) is 16.8 Å². The maximum Gasteiger partial charge on any atom is 0.256 e. The molecule has 2 aromatic heterocycles. The lowest BCUT2D eigenvalue weighted by molar-refractivity contribution is -0.119. The number of amides is 2. The minimum atomic E-state index is -0.293. The number of carbonyl (C=O) groups is 2. The molecule has 4 rings (SSSR count). The first-order chi connectivity index (χ1) is 14.7. The van der Waals surface area contributed by atoms with Crippen LogP contribution in [0, 0.1) is 0 Å². The number of ether oxygens (including phenoxy) is 1. The highest BCUT2D eigenvalue weighted by Crippen LogP contribution is 2.24. The zero-order chi connectivity index (χ0) is 20.8. The smallest absolute Gasteiger partial charge is 0.256 e. The summed E-state index contributed by atoms with van der Waals surface area (Å²) >= 11 is 0. The van der Waals surface area contributed by atoms with E-state index < -0.39 is 0 Å². The number of nitrogens with zero attached hydrogens (tertiary/aromatic N) is 3. The van der Waals surface area contributed by atoms with E-state index in [9.17, 15) is 9.59 Å². The fourth-order valence-electron chi connectivity index (χ4n) is 3.29. The number of piperidine rings is 1. The SMILES string of the molecule is O=C(Nc1ncccc1OCc1ccncc1)c1ccc(N2CCCCC2=O)cc1. The Morgan fingerprint density at radius 2 is 1.83 bits per heavy atom. The molecular formula is C23H22N4O3. The van der Waals surface area contributed by atoms with Gasteiger partial charge in [-0.05, 0) is 66.9 Å². The summed E-state index contributed by atoms with van der Waals surface area (Å²) in [6, 6.07) is 14.3. The Bertz CT molecular complexity index is 1020. The summed E-state index contributed by atoms with van der Waals surface area (Å²) in [6.45, 7) is 1.06. The summed E-state index contributed by atoms with van der Waals surface area (Å²) in [5.74, 6) is 0.673. The molecule has 30 heavy (non-hydrogen) atoms. The van der Waals surface area contributed by atoms with E-state index in [-0.39, 0.29) is 11.8 Å². The highest BCUT2D eigenvalue weighted by atomic mass is 16.5. The summed E-state index contributed by atoms with van der Waals surface area (Å²) in [6.07, 6.45) is 7.50. The molecule has 3 aromatic rings. The first-order valence-electron chi connectivity index (χ1n) is 9.89. The number of carbonyl (C=O) groups excluding carboxylic acids is 2. The third-order valence-corrected chi connectivity index (χ3v) is 4.91. The van der Waals surface area contributed by atoms with E-state index in [0.717, 1.165) is 30.6 Å². The molecule has 1 aliphatic heterocycles. The zero-order valence-corrected chi connectivity index (χ0v) is 16.5. The predicted octanol–water partition coefficient (Wildman–Crippen LogP) is 3.82. The number of anilines is 2. The Morgan fingerprint density at radius 3 is 2.60 bits per heavy atom. The molecular weight excluding hydrogens is 380 g/mol. The van der Waals surface area contributed by atoms with Crippen LogP contribution in [-0.4, -0.2) is 28.3 Å². The van der Waals surface area contributed by atoms with Crippen LogP contribution in [0.25, 0.3) is 0 Å². The quantitative estimate of drug-likeness (QED) is 0.677. The lowest BCUT2D eigenvalue weighted by Crippen LogP contribution is -2.35. The van der Waals surface area contributed by atoms with Crippen LogP contribution in [0.4, 0.5) is 11.5 Å². The van der Waals surface area contributed by atoms with Crippen molar-refractivity contribution >= 4 is 23.3 Å². The van der Waals surface area contributed by atoms with Crippen molar-refractivity contribution in [3.05, 3.63) is 78.2 Å². The van der Waals surface area contributed by atoms with E-state index in [4.69, 9.17) is 4.74 Å². The average molecular weight is 402 g/mol. The van der Waals surface area contributed by atoms with Crippen molar-refractivity contribution in [3.63, 3.8) is 0 Å². The molecule has 1 fully saturated rings. The monoisotopic (exact) mass is 402 g/mol. The number of rotatable bonds is 6. The standard InChI is InChI=1S/C23H22N4O3/c28-21-5-1-2-15-27(21)19-8-6-18(7-9-19)23(29)26-22-20(4-3-12-25-22)30-16-17-10-13-24-14-11-17/h3-4,6-14H,1-2,5,15-16H2,(H,25,26,29). The van der Waals surface area contributed by atoms with Gasteiger partial charge in [0.15, 0.2) is 11.6 Å². The normalized spacial score (nSPS) is 13.7. The van der Waals surface area contributed by atoms with Gasteiger partial charge >= 0.3 is 0 Å². The van der Waals surface area contributed by atoms with Gasteiger partial charge in [-0.2, -0.15) is 0 Å². The maximum absolute atomic E-state index is 12.7. The molecule has 1 N–H and O–H groups in total. The molecule has 0 aliphatic carbocycles. The van der Waals surface area contributed by atoms with Crippen LogP contribution >= 0.6 is 0 Å². The predicted molar refractivity (Wildman–Crippen MR) is 113 cm³/mol. The lowest BCUT2D eigenvalue weighted by Gasteiger charge is -2.26. The average Bonchev–Trinajstić information content (AvgIpc) is 2.80. The minimum absolute atomic E-state index is 0.128. The molecule has 2 amide bonds. The Kier molecular flexibility index (Phi) is 5.98. The summed E-state index contributed by atoms with van der Waals surface area (Å²) in [4.78, 5) is 34.8. The number of pyridine rings is 2. The van der Waals surface area contributed by atoms with Gasteiger partial charge in [0.25, 0.3) is 5.91 Å². The van der Waals surface area contributed by atoms with Gasteiger partial charge in [-0.1, -0.05) is 0 Å². The van der Waals surface area contributed by atoms with Gasteiger partial charge in [-0.3, -0.25) is 14.6 Å². The van der Waals surface area contributed by atoms with Crippen LogP contribution in [0.1, 0.15) is 35.2 Å². The van der Waals surface area contributed by atoms with Crippen molar-refractivity contribution < 1.29 is 14.3 Å². The molecule has 1 saturated heterocycles. The molecule has 7 heteroatoms. The van der Waals surface area contributed by atoms with Crippen molar-refractivity contribution in [1.29, 1.82) is 0 Å². The molecule has 152 valence electrons. The second-order valence-electron chi connectivity index (χ2n) is 7.00. The summed E-state index contributed by atoms with van der Waals surface area (Å²) in [5.41, 5.74) is 2.26. The fraction of sp³-hybridized carbons (Fsp3) is 0.217. The van der Waals surface area contributed by atoms with E-state index in [2.05, 4.69) is 15.3 Å². The molecule has 1 aliphatic rings. The molecule has 3 heterocycles. The Labute approximate surface area is 174 Å². The molecule has 0 spiro atoms. The first kappa shape index (κ1) is 19.6. The first-order valence-corrected chi connectivity index (χ1v) is 9.89. The van der Waals surface area contributed by atoms with Gasteiger partial charge in [0.05, 0.1) is 0 Å². The van der Waals surface area contributed by atoms with Gasteiger partial charge < -0.3 is 15.0 Å². The third kappa shape index (κ3) is 4.63. The molecule has 0 bridgehead atoms. The van der Waals surface area contributed by atoms with Crippen LogP contribution in [0.15, 0.2) is 67.1 Å². The van der Waals surface area contributed by atoms with Crippen molar-refractivity contribution in [3.8, 4) is 5.75 Å². The molecule has 0 saturated carbocycles. The topological polar surface area (TPSA) is 84.4 Å². The van der Waals surface area contributed by atoms with Crippen molar-refractivity contribution in [2.45, 2.75) is 25.9 Å². The van der Waals surface area contributed by atoms with Gasteiger partial charge in [-0.25, -0.2) is 4.98 Å². The van der Waals surface area contributed by atoms with E-state index in [1.54, 1.807) is 59.9 Å². The van der Waals surface area contributed by atoms with Gasteiger partial charge in [0, 0.05) is 42.8 Å². The van der Waals surface area contributed by atoms with Crippen LogP contribution in [0.3, 0.4) is 0 Å². The Hall–Kier alpha value is -3.74. The maximum atomic E-state index is 12.7.